The second-order valence-electron chi connectivity index (χ2n) is 11.2. The Labute approximate surface area is 245 Å². The van der Waals surface area contributed by atoms with Gasteiger partial charge in [-0.05, 0) is 73.7 Å². The summed E-state index contributed by atoms with van der Waals surface area (Å²) in [5.74, 6) is 1.82. The fourth-order valence-electron chi connectivity index (χ4n) is 7.48. The second-order valence-corrected chi connectivity index (χ2v) is 11.2. The van der Waals surface area contributed by atoms with Gasteiger partial charge in [0.1, 0.15) is 11.5 Å². The molecule has 2 aliphatic rings. The summed E-state index contributed by atoms with van der Waals surface area (Å²) in [5.41, 5.74) is 12.1. The Morgan fingerprint density at radius 3 is 1.79 bits per heavy atom. The lowest BCUT2D eigenvalue weighted by atomic mass is 9.67. The highest BCUT2D eigenvalue weighted by Gasteiger charge is 2.46. The molecule has 196 valence electrons. The van der Waals surface area contributed by atoms with Crippen LogP contribution >= 0.6 is 0 Å². The van der Waals surface area contributed by atoms with Gasteiger partial charge < -0.3 is 4.74 Å². The highest BCUT2D eigenvalue weighted by Crippen LogP contribution is 2.58. The molecule has 0 radical (unpaired) electrons. The molecule has 7 aromatic rings. The third kappa shape index (κ3) is 3.08. The minimum absolute atomic E-state index is 0.418. The van der Waals surface area contributed by atoms with E-state index in [0.717, 1.165) is 22.6 Å². The van der Waals surface area contributed by atoms with Gasteiger partial charge in [0.25, 0.3) is 0 Å². The van der Waals surface area contributed by atoms with Gasteiger partial charge in [-0.15, -0.1) is 0 Å². The summed E-state index contributed by atoms with van der Waals surface area (Å²) in [6.45, 7) is 0. The Morgan fingerprint density at radius 2 is 1.00 bits per heavy atom. The first kappa shape index (κ1) is 23.3. The highest BCUT2D eigenvalue weighted by molar-refractivity contribution is 6.07. The lowest BCUT2D eigenvalue weighted by Gasteiger charge is -2.34. The largest absolute Gasteiger partial charge is 0.456 e. The van der Waals surface area contributed by atoms with Crippen molar-refractivity contribution in [2.45, 2.75) is 5.41 Å². The molecule has 42 heavy (non-hydrogen) atoms. The molecule has 0 fully saturated rings. The molecule has 7 aromatic carbocycles. The first-order valence-corrected chi connectivity index (χ1v) is 14.5. The molecular weight excluding hydrogens is 508 g/mol. The van der Waals surface area contributed by atoms with Crippen LogP contribution in [-0.2, 0) is 5.41 Å². The summed E-state index contributed by atoms with van der Waals surface area (Å²) >= 11 is 0. The quantitative estimate of drug-likeness (QED) is 0.219. The summed E-state index contributed by atoms with van der Waals surface area (Å²) in [6, 6.07) is 57.2. The van der Waals surface area contributed by atoms with Gasteiger partial charge >= 0.3 is 0 Å². The minimum atomic E-state index is -0.418. The molecule has 0 N–H and O–H groups in total. The maximum absolute atomic E-state index is 6.58. The van der Waals surface area contributed by atoms with Crippen LogP contribution in [0.5, 0.6) is 11.5 Å². The summed E-state index contributed by atoms with van der Waals surface area (Å²) in [5, 5.41) is 2.37. The predicted octanol–water partition coefficient (Wildman–Crippen LogP) is 10.6. The van der Waals surface area contributed by atoms with Gasteiger partial charge in [-0.1, -0.05) is 140 Å². The van der Waals surface area contributed by atoms with E-state index in [0.29, 0.717) is 0 Å². The molecular formula is C41H26O. The van der Waals surface area contributed by atoms with Crippen molar-refractivity contribution >= 4 is 10.8 Å². The summed E-state index contributed by atoms with van der Waals surface area (Å²) < 4.78 is 6.58. The zero-order chi connectivity index (χ0) is 27.7. The van der Waals surface area contributed by atoms with E-state index < -0.39 is 5.41 Å². The van der Waals surface area contributed by atoms with E-state index in [-0.39, 0.29) is 0 Å². The molecule has 0 amide bonds. The van der Waals surface area contributed by atoms with Crippen molar-refractivity contribution in [3.63, 3.8) is 0 Å². The Morgan fingerprint density at radius 1 is 0.405 bits per heavy atom. The van der Waals surface area contributed by atoms with Crippen LogP contribution in [0.25, 0.3) is 44.2 Å². The van der Waals surface area contributed by atoms with Crippen LogP contribution in [0.3, 0.4) is 0 Å². The molecule has 0 unspecified atom stereocenters. The van der Waals surface area contributed by atoms with Gasteiger partial charge in [0.2, 0.25) is 0 Å². The summed E-state index contributed by atoms with van der Waals surface area (Å²) in [6.07, 6.45) is 0. The van der Waals surface area contributed by atoms with Crippen LogP contribution in [0, 0.1) is 0 Å². The second kappa shape index (κ2) is 8.80. The summed E-state index contributed by atoms with van der Waals surface area (Å²) in [4.78, 5) is 0. The number of hydrogen-bond acceptors (Lipinski definition) is 1. The number of benzene rings is 7. The van der Waals surface area contributed by atoms with Crippen LogP contribution in [0.4, 0.5) is 0 Å². The van der Waals surface area contributed by atoms with E-state index >= 15 is 0 Å². The Kier molecular flexibility index (Phi) is 4.88. The van der Waals surface area contributed by atoms with Crippen LogP contribution in [-0.4, -0.2) is 0 Å². The average Bonchev–Trinajstić information content (AvgIpc) is 3.37. The molecule has 1 heteroatoms. The zero-order valence-corrected chi connectivity index (χ0v) is 22.9. The maximum atomic E-state index is 6.58. The lowest BCUT2D eigenvalue weighted by molar-refractivity contribution is 0.487. The standard InChI is InChI=1S/C41H26O/c1-3-14-29(15-4-1)41(30-16-5-2-6-17-30)35-22-9-7-19-34(35)40-31(20-12-23-36(40)41)28-25-27-13-11-21-33-32-18-8-10-24-37(32)42-38(26-28)39(27)33/h1-26H. The van der Waals surface area contributed by atoms with E-state index in [1.54, 1.807) is 0 Å². The number of fused-ring (bicyclic) bond motifs is 5. The Bertz CT molecular complexity index is 2120. The smallest absolute Gasteiger partial charge is 0.136 e. The van der Waals surface area contributed by atoms with Crippen molar-refractivity contribution in [2.24, 2.45) is 0 Å². The Hall–Kier alpha value is -5.40. The molecule has 1 nitrogen and oxygen atoms in total. The van der Waals surface area contributed by atoms with Crippen molar-refractivity contribution in [2.75, 3.05) is 0 Å². The van der Waals surface area contributed by atoms with Gasteiger partial charge in [0.05, 0.1) is 5.41 Å². The average molecular weight is 535 g/mol. The lowest BCUT2D eigenvalue weighted by Crippen LogP contribution is -2.28. The normalized spacial score (nSPS) is 13.6. The van der Waals surface area contributed by atoms with Gasteiger partial charge in [-0.25, -0.2) is 0 Å². The van der Waals surface area contributed by atoms with Gasteiger partial charge in [-0.2, -0.15) is 0 Å². The van der Waals surface area contributed by atoms with Crippen molar-refractivity contribution < 1.29 is 4.74 Å². The minimum Gasteiger partial charge on any atom is -0.456 e. The number of hydrogen-bond donors (Lipinski definition) is 0. The van der Waals surface area contributed by atoms with Gasteiger partial charge in [0, 0.05) is 10.9 Å². The van der Waals surface area contributed by atoms with Gasteiger partial charge in [-0.3, -0.25) is 0 Å². The molecule has 0 spiro atoms. The van der Waals surface area contributed by atoms with Gasteiger partial charge in [0.15, 0.2) is 0 Å². The molecule has 0 saturated carbocycles. The van der Waals surface area contributed by atoms with E-state index in [1.165, 1.54) is 55.3 Å². The fourth-order valence-corrected chi connectivity index (χ4v) is 7.48. The molecule has 0 saturated heterocycles. The van der Waals surface area contributed by atoms with E-state index in [2.05, 4.69) is 152 Å². The van der Waals surface area contributed by atoms with E-state index in [1.807, 2.05) is 6.07 Å². The van der Waals surface area contributed by atoms with Crippen LogP contribution in [0.2, 0.25) is 0 Å². The van der Waals surface area contributed by atoms with Crippen molar-refractivity contribution in [1.29, 1.82) is 0 Å². The SMILES string of the molecule is c1ccc(C2(c3ccccc3)c3ccccc3-c3c(-c4cc5c6c(cccc6c4)-c4ccccc4O5)cccc32)cc1. The molecule has 0 atom stereocenters. The molecule has 1 heterocycles. The molecule has 0 bridgehead atoms. The van der Waals surface area contributed by atoms with Crippen LogP contribution in [0.15, 0.2) is 158 Å². The first-order chi connectivity index (χ1) is 20.8. The predicted molar refractivity (Wildman–Crippen MR) is 172 cm³/mol. The summed E-state index contributed by atoms with van der Waals surface area (Å²) in [7, 11) is 0. The topological polar surface area (TPSA) is 9.23 Å². The third-order valence-corrected chi connectivity index (χ3v) is 9.13. The molecule has 0 aromatic heterocycles. The number of rotatable bonds is 3. The highest BCUT2D eigenvalue weighted by atomic mass is 16.5. The van der Waals surface area contributed by atoms with Crippen molar-refractivity contribution in [3.05, 3.63) is 180 Å². The van der Waals surface area contributed by atoms with Crippen molar-refractivity contribution in [3.8, 4) is 44.9 Å². The molecule has 1 aliphatic carbocycles. The monoisotopic (exact) mass is 534 g/mol. The molecule has 1 aliphatic heterocycles. The van der Waals surface area contributed by atoms with E-state index in [9.17, 15) is 0 Å². The molecule has 9 rings (SSSR count). The van der Waals surface area contributed by atoms with E-state index in [4.69, 9.17) is 4.74 Å². The fraction of sp³-hybridized carbons (Fsp3) is 0.0244. The zero-order valence-electron chi connectivity index (χ0n) is 22.9. The number of ether oxygens (including phenoxy) is 1. The maximum Gasteiger partial charge on any atom is 0.136 e. The first-order valence-electron chi connectivity index (χ1n) is 14.5. The van der Waals surface area contributed by atoms with Crippen LogP contribution < -0.4 is 4.74 Å². The van der Waals surface area contributed by atoms with Crippen molar-refractivity contribution in [1.82, 2.24) is 0 Å². The number of para-hydroxylation sites is 1. The Balaban J connectivity index is 1.36. The van der Waals surface area contributed by atoms with Crippen LogP contribution in [0.1, 0.15) is 22.3 Å². The third-order valence-electron chi connectivity index (χ3n) is 9.13.